The smallest absolute Gasteiger partial charge is 0.0207 e. The molecule has 0 bridgehead atoms. The quantitative estimate of drug-likeness (QED) is 0.714. The molecule has 0 heterocycles. The second-order valence-corrected chi connectivity index (χ2v) is 6.15. The number of benzene rings is 1. The molecule has 1 N–H and O–H groups in total. The summed E-state index contributed by atoms with van der Waals surface area (Å²) in [4.78, 5) is 0. The number of hydrogen-bond donors (Lipinski definition) is 1. The van der Waals surface area contributed by atoms with Crippen LogP contribution in [0.5, 0.6) is 0 Å². The van der Waals surface area contributed by atoms with Gasteiger partial charge < -0.3 is 5.32 Å². The van der Waals surface area contributed by atoms with Gasteiger partial charge in [0.05, 0.1) is 0 Å². The minimum atomic E-state index is 0.974. The number of aryl methyl sites for hydroxylation is 1. The molecule has 0 saturated heterocycles. The van der Waals surface area contributed by atoms with E-state index in [0.29, 0.717) is 0 Å². The molecule has 0 saturated carbocycles. The van der Waals surface area contributed by atoms with Crippen LogP contribution in [-0.2, 0) is 6.54 Å². The lowest BCUT2D eigenvalue weighted by molar-refractivity contribution is 0.618. The monoisotopic (exact) mass is 315 g/mol. The van der Waals surface area contributed by atoms with E-state index in [2.05, 4.69) is 52.6 Å². The van der Waals surface area contributed by atoms with Gasteiger partial charge in [0, 0.05) is 11.0 Å². The predicted octanol–water partition coefficient (Wildman–Crippen LogP) is 4.38. The zero-order chi connectivity index (χ0) is 12.5. The topological polar surface area (TPSA) is 12.0 Å². The van der Waals surface area contributed by atoms with Crippen molar-refractivity contribution in [2.45, 2.75) is 32.7 Å². The lowest BCUT2D eigenvalue weighted by Crippen LogP contribution is -2.14. The molecule has 0 fully saturated rings. The lowest BCUT2D eigenvalue weighted by atomic mass is 10.1. The maximum atomic E-state index is 3.57. The van der Waals surface area contributed by atoms with Crippen LogP contribution in [0.25, 0.3) is 0 Å². The Morgan fingerprint density at radius 1 is 1.24 bits per heavy atom. The second-order valence-electron chi connectivity index (χ2n) is 4.31. The average Bonchev–Trinajstić information content (AvgIpc) is 2.32. The van der Waals surface area contributed by atoms with Crippen LogP contribution in [0.2, 0.25) is 0 Å². The van der Waals surface area contributed by atoms with Gasteiger partial charge >= 0.3 is 0 Å². The summed E-state index contributed by atoms with van der Waals surface area (Å²) in [6.07, 6.45) is 6.14. The number of thioether (sulfide) groups is 1. The normalized spacial score (nSPS) is 10.8. The fourth-order valence-corrected chi connectivity index (χ4v) is 2.57. The third-order valence-electron chi connectivity index (χ3n) is 2.77. The molecular weight excluding hydrogens is 294 g/mol. The maximum Gasteiger partial charge on any atom is 0.0207 e. The van der Waals surface area contributed by atoms with E-state index in [1.165, 1.54) is 40.6 Å². The summed E-state index contributed by atoms with van der Waals surface area (Å²) in [7, 11) is 0. The van der Waals surface area contributed by atoms with Gasteiger partial charge in [-0.1, -0.05) is 34.5 Å². The highest BCUT2D eigenvalue weighted by Crippen LogP contribution is 2.17. The van der Waals surface area contributed by atoms with Crippen LogP contribution in [0.1, 0.15) is 30.4 Å². The highest BCUT2D eigenvalue weighted by molar-refractivity contribution is 9.10. The Hall–Kier alpha value is 0.01000. The van der Waals surface area contributed by atoms with Gasteiger partial charge in [0.25, 0.3) is 0 Å². The van der Waals surface area contributed by atoms with Gasteiger partial charge in [-0.05, 0) is 55.5 Å². The predicted molar refractivity (Wildman–Crippen MR) is 82.8 cm³/mol. The zero-order valence-electron chi connectivity index (χ0n) is 10.8. The number of hydrogen-bond acceptors (Lipinski definition) is 2. The first-order valence-electron chi connectivity index (χ1n) is 6.18. The number of unbranched alkanes of at least 4 members (excludes halogenated alkanes) is 2. The van der Waals surface area contributed by atoms with Crippen molar-refractivity contribution in [3.8, 4) is 0 Å². The molecule has 1 aromatic carbocycles. The first kappa shape index (κ1) is 15.1. The molecule has 0 unspecified atom stereocenters. The van der Waals surface area contributed by atoms with Crippen LogP contribution in [0, 0.1) is 6.92 Å². The van der Waals surface area contributed by atoms with Crippen LogP contribution in [-0.4, -0.2) is 18.6 Å². The average molecular weight is 316 g/mol. The number of nitrogens with one attached hydrogen (secondary N) is 1. The van der Waals surface area contributed by atoms with Crippen molar-refractivity contribution in [2.75, 3.05) is 18.6 Å². The molecule has 96 valence electrons. The van der Waals surface area contributed by atoms with Crippen LogP contribution in [0.3, 0.4) is 0 Å². The van der Waals surface area contributed by atoms with Crippen molar-refractivity contribution < 1.29 is 0 Å². The SMILES string of the molecule is CSCCCCCNCc1ccc(C)c(Br)c1. The summed E-state index contributed by atoms with van der Waals surface area (Å²) in [6, 6.07) is 6.57. The van der Waals surface area contributed by atoms with E-state index in [4.69, 9.17) is 0 Å². The molecule has 0 spiro atoms. The molecule has 17 heavy (non-hydrogen) atoms. The molecule has 3 heteroatoms. The Balaban J connectivity index is 2.11. The summed E-state index contributed by atoms with van der Waals surface area (Å²) in [5.74, 6) is 1.30. The molecule has 1 rings (SSSR count). The van der Waals surface area contributed by atoms with Gasteiger partial charge in [-0.25, -0.2) is 0 Å². The maximum absolute atomic E-state index is 3.57. The minimum absolute atomic E-state index is 0.974. The molecule has 0 atom stereocenters. The van der Waals surface area contributed by atoms with E-state index in [9.17, 15) is 0 Å². The van der Waals surface area contributed by atoms with Crippen LogP contribution >= 0.6 is 27.7 Å². The van der Waals surface area contributed by atoms with E-state index in [1.54, 1.807) is 0 Å². The van der Waals surface area contributed by atoms with Crippen molar-refractivity contribution in [1.29, 1.82) is 0 Å². The molecule has 0 aliphatic carbocycles. The minimum Gasteiger partial charge on any atom is -0.313 e. The summed E-state index contributed by atoms with van der Waals surface area (Å²) in [5.41, 5.74) is 2.65. The lowest BCUT2D eigenvalue weighted by Gasteiger charge is -2.06. The highest BCUT2D eigenvalue weighted by Gasteiger charge is 1.97. The Morgan fingerprint density at radius 3 is 2.76 bits per heavy atom. The van der Waals surface area contributed by atoms with Crippen molar-refractivity contribution in [1.82, 2.24) is 5.32 Å². The van der Waals surface area contributed by atoms with E-state index in [0.717, 1.165) is 13.1 Å². The third kappa shape index (κ3) is 6.49. The standard InChI is InChI=1S/C14H22BrNS/c1-12-6-7-13(10-14(12)15)11-16-8-4-3-5-9-17-2/h6-7,10,16H,3-5,8-9,11H2,1-2H3. The molecule has 0 amide bonds. The molecule has 1 aromatic rings. The highest BCUT2D eigenvalue weighted by atomic mass is 79.9. The van der Waals surface area contributed by atoms with Crippen LogP contribution in [0.15, 0.2) is 22.7 Å². The van der Waals surface area contributed by atoms with E-state index in [1.807, 2.05) is 11.8 Å². The summed E-state index contributed by atoms with van der Waals surface area (Å²) in [6.45, 7) is 4.22. The fraction of sp³-hybridized carbons (Fsp3) is 0.571. The van der Waals surface area contributed by atoms with Gasteiger partial charge in [-0.2, -0.15) is 11.8 Å². The summed E-state index contributed by atoms with van der Waals surface area (Å²) < 4.78 is 1.21. The number of rotatable bonds is 8. The van der Waals surface area contributed by atoms with Gasteiger partial charge in [-0.3, -0.25) is 0 Å². The number of halogens is 1. The van der Waals surface area contributed by atoms with Crippen LogP contribution in [0.4, 0.5) is 0 Å². The van der Waals surface area contributed by atoms with E-state index < -0.39 is 0 Å². The van der Waals surface area contributed by atoms with Crippen molar-refractivity contribution in [3.05, 3.63) is 33.8 Å². The molecule has 0 radical (unpaired) electrons. The Kier molecular flexibility index (Phi) is 7.99. The van der Waals surface area contributed by atoms with Crippen LogP contribution < -0.4 is 5.32 Å². The summed E-state index contributed by atoms with van der Waals surface area (Å²) >= 11 is 5.51. The van der Waals surface area contributed by atoms with Gasteiger partial charge in [0.2, 0.25) is 0 Å². The van der Waals surface area contributed by atoms with Crippen molar-refractivity contribution in [2.24, 2.45) is 0 Å². The first-order chi connectivity index (χ1) is 8.24. The molecule has 0 aliphatic rings. The Morgan fingerprint density at radius 2 is 2.06 bits per heavy atom. The van der Waals surface area contributed by atoms with E-state index >= 15 is 0 Å². The fourth-order valence-electron chi connectivity index (χ4n) is 1.65. The molecule has 1 nitrogen and oxygen atoms in total. The first-order valence-corrected chi connectivity index (χ1v) is 8.37. The molecular formula is C14H22BrNS. The third-order valence-corrected chi connectivity index (χ3v) is 4.32. The van der Waals surface area contributed by atoms with E-state index in [-0.39, 0.29) is 0 Å². The van der Waals surface area contributed by atoms with Gasteiger partial charge in [-0.15, -0.1) is 0 Å². The molecule has 0 aliphatic heterocycles. The van der Waals surface area contributed by atoms with Crippen molar-refractivity contribution >= 4 is 27.7 Å². The zero-order valence-corrected chi connectivity index (χ0v) is 13.2. The Bertz CT molecular complexity index is 328. The van der Waals surface area contributed by atoms with Gasteiger partial charge in [0.15, 0.2) is 0 Å². The molecule has 0 aromatic heterocycles. The Labute approximate surface area is 118 Å². The second kappa shape index (κ2) is 9.01. The van der Waals surface area contributed by atoms with Gasteiger partial charge in [0.1, 0.15) is 0 Å². The van der Waals surface area contributed by atoms with Crippen molar-refractivity contribution in [3.63, 3.8) is 0 Å². The largest absolute Gasteiger partial charge is 0.313 e. The summed E-state index contributed by atoms with van der Waals surface area (Å²) in [5, 5.41) is 3.50.